The number of rotatable bonds is 4. The van der Waals surface area contributed by atoms with E-state index in [2.05, 4.69) is 0 Å². The van der Waals surface area contributed by atoms with Gasteiger partial charge in [-0.15, -0.1) is 0 Å². The van der Waals surface area contributed by atoms with Crippen molar-refractivity contribution in [1.82, 2.24) is 4.90 Å². The number of likely N-dealkylation sites (tertiary alicyclic amines) is 1. The lowest BCUT2D eigenvalue weighted by Crippen LogP contribution is -2.56. The van der Waals surface area contributed by atoms with Crippen LogP contribution in [0.4, 0.5) is 10.1 Å². The second-order valence-corrected chi connectivity index (χ2v) is 9.64. The summed E-state index contributed by atoms with van der Waals surface area (Å²) in [7, 11) is 0. The molecule has 1 amide bonds. The van der Waals surface area contributed by atoms with E-state index in [1.54, 1.807) is 4.90 Å². The Morgan fingerprint density at radius 2 is 1.77 bits per heavy atom. The van der Waals surface area contributed by atoms with Gasteiger partial charge in [0, 0.05) is 18.7 Å². The molecule has 4 aliphatic carbocycles. The van der Waals surface area contributed by atoms with Gasteiger partial charge in [-0.3, -0.25) is 14.9 Å². The first-order valence-electron chi connectivity index (χ1n) is 10.8. The van der Waals surface area contributed by atoms with E-state index >= 15 is 0 Å². The van der Waals surface area contributed by atoms with E-state index in [-0.39, 0.29) is 11.3 Å². The highest BCUT2D eigenvalue weighted by Crippen LogP contribution is 2.60. The van der Waals surface area contributed by atoms with E-state index in [1.165, 1.54) is 19.3 Å². The number of carbonyl (C=O) groups excluding carboxylic acids is 2. The monoisotopic (exact) mass is 416 g/mol. The molecule has 1 heterocycles. The maximum absolute atomic E-state index is 13.6. The summed E-state index contributed by atoms with van der Waals surface area (Å²) in [4.78, 5) is 38.6. The lowest BCUT2D eigenvalue weighted by atomic mass is 9.49. The highest BCUT2D eigenvalue weighted by Gasteiger charge is 2.57. The lowest BCUT2D eigenvalue weighted by molar-refractivity contribution is -0.385. The fraction of sp³-hybridized carbons (Fsp3) is 0.636. The highest BCUT2D eigenvalue weighted by molar-refractivity contribution is 5.90. The second kappa shape index (κ2) is 7.03. The van der Waals surface area contributed by atoms with Crippen LogP contribution in [0.3, 0.4) is 0 Å². The average Bonchev–Trinajstić information content (AvgIpc) is 3.16. The summed E-state index contributed by atoms with van der Waals surface area (Å²) in [6.45, 7) is 0.492. The molecule has 1 atom stereocenters. The topological polar surface area (TPSA) is 89.8 Å². The number of ether oxygens (including phenoxy) is 1. The van der Waals surface area contributed by atoms with Gasteiger partial charge in [-0.25, -0.2) is 9.18 Å². The molecule has 5 aliphatic rings. The Balaban J connectivity index is 1.36. The van der Waals surface area contributed by atoms with Gasteiger partial charge in [-0.1, -0.05) is 0 Å². The molecule has 160 valence electrons. The Morgan fingerprint density at radius 3 is 2.37 bits per heavy atom. The minimum atomic E-state index is -0.770. The summed E-state index contributed by atoms with van der Waals surface area (Å²) in [5.41, 5.74) is -0.829. The number of benzene rings is 1. The Labute approximate surface area is 173 Å². The van der Waals surface area contributed by atoms with Gasteiger partial charge < -0.3 is 9.64 Å². The molecule has 1 unspecified atom stereocenters. The van der Waals surface area contributed by atoms with Crippen LogP contribution in [0.25, 0.3) is 0 Å². The number of nitro groups is 1. The molecule has 5 fully saturated rings. The predicted octanol–water partition coefficient (Wildman–Crippen LogP) is 3.85. The molecule has 8 heteroatoms. The molecule has 0 spiro atoms. The summed E-state index contributed by atoms with van der Waals surface area (Å²) < 4.78 is 18.8. The van der Waals surface area contributed by atoms with Crippen LogP contribution < -0.4 is 4.74 Å². The van der Waals surface area contributed by atoms with Gasteiger partial charge in [0.15, 0.2) is 0 Å². The van der Waals surface area contributed by atoms with Crippen molar-refractivity contribution in [3.63, 3.8) is 0 Å². The number of esters is 1. The molecular formula is C22H25FN2O5. The van der Waals surface area contributed by atoms with E-state index in [0.29, 0.717) is 37.1 Å². The minimum Gasteiger partial charge on any atom is -0.418 e. The molecule has 0 aromatic heterocycles. The number of amides is 1. The van der Waals surface area contributed by atoms with Crippen molar-refractivity contribution in [3.05, 3.63) is 34.1 Å². The second-order valence-electron chi connectivity index (χ2n) is 9.64. The number of nitro benzene ring substituents is 1. The third kappa shape index (κ3) is 3.17. The van der Waals surface area contributed by atoms with Gasteiger partial charge in [-0.2, -0.15) is 0 Å². The Morgan fingerprint density at radius 1 is 1.13 bits per heavy atom. The molecular weight excluding hydrogens is 391 g/mol. The molecule has 1 saturated heterocycles. The third-order valence-electron chi connectivity index (χ3n) is 7.61. The van der Waals surface area contributed by atoms with Crippen LogP contribution in [0.1, 0.15) is 51.4 Å². The summed E-state index contributed by atoms with van der Waals surface area (Å²) in [6.07, 6.45) is 7.54. The number of nitrogens with zero attached hydrogens (tertiary/aromatic N) is 2. The molecule has 4 saturated carbocycles. The fourth-order valence-electron chi connectivity index (χ4n) is 6.83. The van der Waals surface area contributed by atoms with E-state index < -0.39 is 34.2 Å². The molecule has 1 aromatic carbocycles. The van der Waals surface area contributed by atoms with Crippen molar-refractivity contribution >= 4 is 17.6 Å². The first kappa shape index (κ1) is 19.5. The van der Waals surface area contributed by atoms with Gasteiger partial charge >= 0.3 is 11.7 Å². The number of halogens is 1. The van der Waals surface area contributed by atoms with Gasteiger partial charge in [-0.05, 0) is 75.2 Å². The van der Waals surface area contributed by atoms with E-state index in [0.717, 1.165) is 37.5 Å². The van der Waals surface area contributed by atoms with Crippen LogP contribution in [-0.4, -0.2) is 34.3 Å². The van der Waals surface area contributed by atoms with Crippen molar-refractivity contribution < 1.29 is 23.6 Å². The maximum Gasteiger partial charge on any atom is 0.334 e. The third-order valence-corrected chi connectivity index (χ3v) is 7.61. The molecule has 7 nitrogen and oxygen atoms in total. The predicted molar refractivity (Wildman–Crippen MR) is 104 cm³/mol. The van der Waals surface area contributed by atoms with Gasteiger partial charge in [0.25, 0.3) is 0 Å². The van der Waals surface area contributed by atoms with Gasteiger partial charge in [0.05, 0.1) is 10.3 Å². The summed E-state index contributed by atoms with van der Waals surface area (Å²) in [6, 6.07) is 2.00. The molecule has 1 aromatic rings. The number of carbonyl (C=O) groups is 2. The Bertz CT molecular complexity index is 882. The molecule has 0 radical (unpaired) electrons. The Kier molecular flexibility index (Phi) is 4.56. The smallest absolute Gasteiger partial charge is 0.334 e. The molecule has 4 bridgehead atoms. The zero-order valence-corrected chi connectivity index (χ0v) is 16.7. The van der Waals surface area contributed by atoms with E-state index in [1.807, 2.05) is 0 Å². The average molecular weight is 416 g/mol. The summed E-state index contributed by atoms with van der Waals surface area (Å²) in [5.74, 6) is 0.0268. The number of hydrogen-bond acceptors (Lipinski definition) is 5. The minimum absolute atomic E-state index is 0.0507. The lowest BCUT2D eigenvalue weighted by Gasteiger charge is -2.56. The molecule has 6 rings (SSSR count). The fourth-order valence-corrected chi connectivity index (χ4v) is 6.83. The van der Waals surface area contributed by atoms with Crippen molar-refractivity contribution in [3.8, 4) is 5.75 Å². The normalized spacial score (nSPS) is 34.2. The van der Waals surface area contributed by atoms with Crippen LogP contribution in [0.5, 0.6) is 5.75 Å². The molecule has 0 N–H and O–H groups in total. The first-order chi connectivity index (χ1) is 14.3. The van der Waals surface area contributed by atoms with Crippen LogP contribution in [-0.2, 0) is 9.59 Å². The van der Waals surface area contributed by atoms with Crippen LogP contribution in [0.15, 0.2) is 18.2 Å². The largest absolute Gasteiger partial charge is 0.418 e. The summed E-state index contributed by atoms with van der Waals surface area (Å²) >= 11 is 0. The van der Waals surface area contributed by atoms with Crippen molar-refractivity contribution in [1.29, 1.82) is 0 Å². The van der Waals surface area contributed by atoms with Crippen LogP contribution in [0.2, 0.25) is 0 Å². The van der Waals surface area contributed by atoms with Crippen LogP contribution >= 0.6 is 0 Å². The van der Waals surface area contributed by atoms with Crippen molar-refractivity contribution in [2.75, 3.05) is 6.54 Å². The standard InChI is InChI=1S/C22H25FN2O5/c23-16-3-4-17(25(28)29)19(9-16)30-20(26)18-2-1-5-24(18)21(27)22-10-13-6-14(11-22)8-15(7-13)12-22/h3-4,9,13-15,18H,1-2,5-8,10-12H2. The SMILES string of the molecule is O=C(Oc1cc(F)ccc1[N+](=O)[O-])C1CCCN1C(=O)C12CC3CC(CC(C3)C1)C2. The van der Waals surface area contributed by atoms with Crippen LogP contribution in [0, 0.1) is 39.1 Å². The maximum atomic E-state index is 13.6. The van der Waals surface area contributed by atoms with Crippen molar-refractivity contribution in [2.24, 2.45) is 23.2 Å². The highest BCUT2D eigenvalue weighted by atomic mass is 19.1. The Hall–Kier alpha value is -2.51. The van der Waals surface area contributed by atoms with Gasteiger partial charge in [0.1, 0.15) is 11.9 Å². The summed E-state index contributed by atoms with van der Waals surface area (Å²) in [5, 5.41) is 11.2. The molecule has 30 heavy (non-hydrogen) atoms. The first-order valence-corrected chi connectivity index (χ1v) is 10.8. The quantitative estimate of drug-likeness (QED) is 0.322. The van der Waals surface area contributed by atoms with E-state index in [9.17, 15) is 24.1 Å². The van der Waals surface area contributed by atoms with E-state index in [4.69, 9.17) is 4.74 Å². The molecule has 1 aliphatic heterocycles. The number of hydrogen-bond donors (Lipinski definition) is 0. The van der Waals surface area contributed by atoms with Gasteiger partial charge in [0.2, 0.25) is 11.7 Å². The zero-order valence-electron chi connectivity index (χ0n) is 16.7. The van der Waals surface area contributed by atoms with Crippen molar-refractivity contribution in [2.45, 2.75) is 57.4 Å². The zero-order chi connectivity index (χ0) is 21.0.